The molecule has 0 aliphatic carbocycles. The summed E-state index contributed by atoms with van der Waals surface area (Å²) in [5.74, 6) is 1.02. The summed E-state index contributed by atoms with van der Waals surface area (Å²) >= 11 is 1.30. The second kappa shape index (κ2) is 3.59. The van der Waals surface area contributed by atoms with Crippen molar-refractivity contribution in [3.8, 4) is 0 Å². The maximum atomic E-state index is 11.3. The van der Waals surface area contributed by atoms with E-state index in [-0.39, 0.29) is 12.0 Å². The fourth-order valence-corrected chi connectivity index (χ4v) is 2.46. The maximum Gasteiger partial charge on any atom is 0.197 e. The third-order valence-corrected chi connectivity index (χ3v) is 2.84. The topological polar surface area (TPSA) is 26.3 Å². The quantitative estimate of drug-likeness (QED) is 0.607. The molecule has 2 atom stereocenters. The first-order valence-electron chi connectivity index (χ1n) is 3.91. The Balaban J connectivity index is 2.63. The molecule has 64 valence electrons. The van der Waals surface area contributed by atoms with E-state index in [1.54, 1.807) is 0 Å². The minimum Gasteiger partial charge on any atom is -0.367 e. The smallest absolute Gasteiger partial charge is 0.197 e. The van der Waals surface area contributed by atoms with Crippen LogP contribution in [0.15, 0.2) is 0 Å². The molecule has 0 saturated carbocycles. The van der Waals surface area contributed by atoms with Gasteiger partial charge in [0.15, 0.2) is 5.12 Å². The summed E-state index contributed by atoms with van der Waals surface area (Å²) in [4.78, 5) is 11.3. The monoisotopic (exact) mass is 174 g/mol. The lowest BCUT2D eigenvalue weighted by Gasteiger charge is -2.29. The molecule has 1 aliphatic heterocycles. The van der Waals surface area contributed by atoms with Gasteiger partial charge >= 0.3 is 0 Å². The predicted octanol–water partition coefficient (Wildman–Crippen LogP) is 1.89. The van der Waals surface area contributed by atoms with Crippen molar-refractivity contribution >= 4 is 16.9 Å². The molecular formula is C8H14O2S. The van der Waals surface area contributed by atoms with Gasteiger partial charge in [0.1, 0.15) is 0 Å². The van der Waals surface area contributed by atoms with Crippen LogP contribution in [-0.2, 0) is 9.53 Å². The van der Waals surface area contributed by atoms with Gasteiger partial charge in [-0.3, -0.25) is 4.79 Å². The Morgan fingerprint density at radius 2 is 2.27 bits per heavy atom. The van der Waals surface area contributed by atoms with Crippen molar-refractivity contribution in [3.05, 3.63) is 0 Å². The van der Waals surface area contributed by atoms with E-state index in [4.69, 9.17) is 4.74 Å². The predicted molar refractivity (Wildman–Crippen MR) is 46.3 cm³/mol. The third-order valence-electron chi connectivity index (χ3n) is 2.03. The lowest BCUT2D eigenvalue weighted by atomic mass is 9.92. The van der Waals surface area contributed by atoms with Crippen molar-refractivity contribution in [1.29, 1.82) is 0 Å². The Hall–Kier alpha value is -0.0200. The lowest BCUT2D eigenvalue weighted by Crippen LogP contribution is -2.35. The summed E-state index contributed by atoms with van der Waals surface area (Å²) < 4.78 is 5.36. The summed E-state index contributed by atoms with van der Waals surface area (Å²) in [5, 5.41) is 0.291. The Morgan fingerprint density at radius 1 is 1.64 bits per heavy atom. The zero-order valence-electron chi connectivity index (χ0n) is 7.16. The van der Waals surface area contributed by atoms with Gasteiger partial charge in [-0.15, -0.1) is 0 Å². The molecule has 11 heavy (non-hydrogen) atoms. The Morgan fingerprint density at radius 3 is 2.64 bits per heavy atom. The van der Waals surface area contributed by atoms with Crippen LogP contribution in [0.1, 0.15) is 20.8 Å². The molecule has 0 aromatic rings. The van der Waals surface area contributed by atoms with Crippen LogP contribution >= 0.6 is 11.8 Å². The fraction of sp³-hybridized carbons (Fsp3) is 0.875. The standard InChI is InChI=1S/C8H14O2S/c1-5(2)7-6(3)10-4-11-8(7)9/h5-7H,4H2,1-3H3/t6-,7-/m0/s1. The molecule has 3 heteroatoms. The normalized spacial score (nSPS) is 32.9. The van der Waals surface area contributed by atoms with E-state index in [2.05, 4.69) is 13.8 Å². The van der Waals surface area contributed by atoms with Crippen LogP contribution in [0, 0.1) is 11.8 Å². The van der Waals surface area contributed by atoms with Crippen molar-refractivity contribution in [2.24, 2.45) is 11.8 Å². The van der Waals surface area contributed by atoms with Crippen LogP contribution in [0.4, 0.5) is 0 Å². The fourth-order valence-electron chi connectivity index (χ4n) is 1.41. The van der Waals surface area contributed by atoms with Gasteiger partial charge in [0.05, 0.1) is 18.0 Å². The zero-order chi connectivity index (χ0) is 8.43. The van der Waals surface area contributed by atoms with Crippen molar-refractivity contribution < 1.29 is 9.53 Å². The Bertz CT molecular complexity index is 156. The highest BCUT2D eigenvalue weighted by atomic mass is 32.2. The molecule has 0 spiro atoms. The minimum absolute atomic E-state index is 0.0914. The van der Waals surface area contributed by atoms with Crippen molar-refractivity contribution in [3.63, 3.8) is 0 Å². The van der Waals surface area contributed by atoms with E-state index >= 15 is 0 Å². The Kier molecular flexibility index (Phi) is 2.96. The molecule has 1 rings (SSSR count). The average Bonchev–Trinajstić information content (AvgIpc) is 1.85. The molecule has 0 N–H and O–H groups in total. The molecule has 0 unspecified atom stereocenters. The molecule has 0 amide bonds. The van der Waals surface area contributed by atoms with Gasteiger partial charge in [0, 0.05) is 0 Å². The van der Waals surface area contributed by atoms with Crippen molar-refractivity contribution in [2.45, 2.75) is 26.9 Å². The van der Waals surface area contributed by atoms with Crippen LogP contribution in [0.2, 0.25) is 0 Å². The molecule has 0 aromatic heterocycles. The first kappa shape index (κ1) is 9.07. The largest absolute Gasteiger partial charge is 0.367 e. The minimum atomic E-state index is 0.0914. The number of hydrogen-bond donors (Lipinski definition) is 0. The lowest BCUT2D eigenvalue weighted by molar-refractivity contribution is -0.122. The van der Waals surface area contributed by atoms with E-state index in [0.717, 1.165) is 0 Å². The van der Waals surface area contributed by atoms with Crippen LogP contribution in [0.3, 0.4) is 0 Å². The van der Waals surface area contributed by atoms with E-state index in [9.17, 15) is 4.79 Å². The van der Waals surface area contributed by atoms with Crippen LogP contribution in [0.5, 0.6) is 0 Å². The Labute approximate surface area is 71.7 Å². The van der Waals surface area contributed by atoms with Crippen LogP contribution in [0.25, 0.3) is 0 Å². The molecule has 0 aromatic carbocycles. The van der Waals surface area contributed by atoms with Gasteiger partial charge in [-0.25, -0.2) is 0 Å². The van der Waals surface area contributed by atoms with Gasteiger partial charge in [-0.1, -0.05) is 25.6 Å². The van der Waals surface area contributed by atoms with Gasteiger partial charge in [-0.05, 0) is 12.8 Å². The molecular weight excluding hydrogens is 160 g/mol. The molecule has 1 aliphatic rings. The molecule has 1 heterocycles. The average molecular weight is 174 g/mol. The van der Waals surface area contributed by atoms with Crippen molar-refractivity contribution in [1.82, 2.24) is 0 Å². The molecule has 2 nitrogen and oxygen atoms in total. The molecule has 1 saturated heterocycles. The maximum absolute atomic E-state index is 11.3. The van der Waals surface area contributed by atoms with E-state index < -0.39 is 0 Å². The van der Waals surface area contributed by atoms with Gasteiger partial charge in [0.2, 0.25) is 0 Å². The van der Waals surface area contributed by atoms with E-state index in [0.29, 0.717) is 17.0 Å². The number of thioether (sulfide) groups is 1. The number of ether oxygens (including phenoxy) is 1. The summed E-state index contributed by atoms with van der Waals surface area (Å²) in [6.07, 6.45) is 0.101. The van der Waals surface area contributed by atoms with E-state index in [1.807, 2.05) is 6.92 Å². The highest BCUT2D eigenvalue weighted by Gasteiger charge is 2.32. The summed E-state index contributed by atoms with van der Waals surface area (Å²) in [5.41, 5.74) is 0. The summed E-state index contributed by atoms with van der Waals surface area (Å²) in [6, 6.07) is 0. The van der Waals surface area contributed by atoms with Gasteiger partial charge in [0.25, 0.3) is 0 Å². The highest BCUT2D eigenvalue weighted by Crippen LogP contribution is 2.29. The molecule has 1 fully saturated rings. The number of carbonyl (C=O) groups is 1. The van der Waals surface area contributed by atoms with Crippen LogP contribution in [-0.4, -0.2) is 17.2 Å². The number of hydrogen-bond acceptors (Lipinski definition) is 3. The number of rotatable bonds is 1. The van der Waals surface area contributed by atoms with Gasteiger partial charge in [-0.2, -0.15) is 0 Å². The summed E-state index contributed by atoms with van der Waals surface area (Å²) in [6.45, 7) is 6.10. The first-order valence-corrected chi connectivity index (χ1v) is 4.89. The second-order valence-electron chi connectivity index (χ2n) is 3.22. The third kappa shape index (κ3) is 1.97. The summed E-state index contributed by atoms with van der Waals surface area (Å²) in [7, 11) is 0. The molecule has 0 radical (unpaired) electrons. The number of carbonyl (C=O) groups excluding carboxylic acids is 1. The zero-order valence-corrected chi connectivity index (χ0v) is 7.98. The SMILES string of the molecule is CC(C)[C@@H]1C(=O)SCO[C@H]1C. The van der Waals surface area contributed by atoms with Crippen molar-refractivity contribution in [2.75, 3.05) is 5.94 Å². The van der Waals surface area contributed by atoms with Crippen LogP contribution < -0.4 is 0 Å². The van der Waals surface area contributed by atoms with E-state index in [1.165, 1.54) is 11.8 Å². The highest BCUT2D eigenvalue weighted by molar-refractivity contribution is 8.13. The molecule has 0 bridgehead atoms. The van der Waals surface area contributed by atoms with Gasteiger partial charge < -0.3 is 4.74 Å². The second-order valence-corrected chi connectivity index (χ2v) is 4.15. The first-order chi connectivity index (χ1) is 5.13.